The van der Waals surface area contributed by atoms with Gasteiger partial charge in [0.2, 0.25) is 5.91 Å². The Kier molecular flexibility index (Phi) is 4.15. The van der Waals surface area contributed by atoms with E-state index in [0.717, 1.165) is 13.0 Å². The smallest absolute Gasteiger partial charge is 0.249 e. The third-order valence-electron chi connectivity index (χ3n) is 3.09. The van der Waals surface area contributed by atoms with Gasteiger partial charge in [0, 0.05) is 18.0 Å². The monoisotopic (exact) mass is 254 g/mol. The zero-order valence-corrected chi connectivity index (χ0v) is 10.8. The van der Waals surface area contributed by atoms with Gasteiger partial charge in [0.05, 0.1) is 12.6 Å². The normalized spacial score (nSPS) is 19.2. The maximum Gasteiger partial charge on any atom is 0.249 e. The molecule has 2 N–H and O–H groups in total. The van der Waals surface area contributed by atoms with Crippen LogP contribution in [-0.2, 0) is 16.0 Å². The van der Waals surface area contributed by atoms with Crippen molar-refractivity contribution in [2.24, 2.45) is 5.73 Å². The summed E-state index contributed by atoms with van der Waals surface area (Å²) in [6.45, 7) is 3.90. The van der Waals surface area contributed by atoms with E-state index in [0.29, 0.717) is 13.2 Å². The van der Waals surface area contributed by atoms with Gasteiger partial charge >= 0.3 is 0 Å². The van der Waals surface area contributed by atoms with Crippen LogP contribution in [-0.4, -0.2) is 37.1 Å². The van der Waals surface area contributed by atoms with Crippen molar-refractivity contribution in [3.05, 3.63) is 21.9 Å². The van der Waals surface area contributed by atoms with Crippen LogP contribution in [0.4, 0.5) is 0 Å². The van der Waals surface area contributed by atoms with Crippen molar-refractivity contribution in [1.29, 1.82) is 0 Å². The number of hydrogen-bond acceptors (Lipinski definition) is 4. The Balaban J connectivity index is 1.97. The zero-order valence-electron chi connectivity index (χ0n) is 10.0. The third-order valence-corrected chi connectivity index (χ3v) is 4.08. The molecule has 2 rings (SSSR count). The number of carbonyl (C=O) groups is 1. The summed E-state index contributed by atoms with van der Waals surface area (Å²) in [4.78, 5) is 15.3. The topological polar surface area (TPSA) is 55.6 Å². The van der Waals surface area contributed by atoms with Gasteiger partial charge in [-0.3, -0.25) is 4.79 Å². The summed E-state index contributed by atoms with van der Waals surface area (Å²) in [5.41, 5.74) is 6.61. The molecule has 0 aromatic carbocycles. The predicted molar refractivity (Wildman–Crippen MR) is 68.0 cm³/mol. The quantitative estimate of drug-likeness (QED) is 0.821. The highest BCUT2D eigenvalue weighted by atomic mass is 32.1. The van der Waals surface area contributed by atoms with Crippen LogP contribution in [0.3, 0.4) is 0 Å². The standard InChI is InChI=1S/C12H18N2O2S/c1-9-10-3-7-17-11(10)2-5-14(9)12(15)8-16-6-4-13/h3,7,9H,2,4-6,8,13H2,1H3. The van der Waals surface area contributed by atoms with Crippen molar-refractivity contribution >= 4 is 17.2 Å². The van der Waals surface area contributed by atoms with Gasteiger partial charge in [-0.25, -0.2) is 0 Å². The molecular weight excluding hydrogens is 236 g/mol. The molecule has 17 heavy (non-hydrogen) atoms. The highest BCUT2D eigenvalue weighted by molar-refractivity contribution is 7.10. The lowest BCUT2D eigenvalue weighted by molar-refractivity contribution is -0.138. The second kappa shape index (κ2) is 5.62. The summed E-state index contributed by atoms with van der Waals surface area (Å²) in [6, 6.07) is 2.28. The van der Waals surface area contributed by atoms with Crippen LogP contribution in [0.15, 0.2) is 11.4 Å². The van der Waals surface area contributed by atoms with Crippen LogP contribution in [0.5, 0.6) is 0 Å². The molecule has 0 aliphatic carbocycles. The van der Waals surface area contributed by atoms with Crippen LogP contribution in [0, 0.1) is 0 Å². The van der Waals surface area contributed by atoms with E-state index in [4.69, 9.17) is 10.5 Å². The molecule has 1 aliphatic heterocycles. The van der Waals surface area contributed by atoms with E-state index >= 15 is 0 Å². The number of thiophene rings is 1. The minimum Gasteiger partial charge on any atom is -0.370 e. The molecule has 1 amide bonds. The molecule has 1 unspecified atom stereocenters. The Morgan fingerprint density at radius 1 is 1.71 bits per heavy atom. The van der Waals surface area contributed by atoms with Crippen molar-refractivity contribution in [2.75, 3.05) is 26.3 Å². The Morgan fingerprint density at radius 2 is 2.53 bits per heavy atom. The molecule has 1 aliphatic rings. The van der Waals surface area contributed by atoms with E-state index in [9.17, 15) is 4.79 Å². The second-order valence-corrected chi connectivity index (χ2v) is 5.15. The van der Waals surface area contributed by atoms with Crippen LogP contribution in [0.25, 0.3) is 0 Å². The van der Waals surface area contributed by atoms with E-state index in [1.165, 1.54) is 10.4 Å². The van der Waals surface area contributed by atoms with Gasteiger partial charge in [-0.2, -0.15) is 0 Å². The fourth-order valence-corrected chi connectivity index (χ4v) is 3.14. The van der Waals surface area contributed by atoms with Gasteiger partial charge < -0.3 is 15.4 Å². The lowest BCUT2D eigenvalue weighted by atomic mass is 10.0. The SMILES string of the molecule is CC1c2ccsc2CCN1C(=O)COCCN. The summed E-state index contributed by atoms with van der Waals surface area (Å²) < 4.78 is 5.20. The van der Waals surface area contributed by atoms with Crippen LogP contribution >= 0.6 is 11.3 Å². The van der Waals surface area contributed by atoms with Gasteiger partial charge in [-0.15, -0.1) is 11.3 Å². The van der Waals surface area contributed by atoms with Crippen molar-refractivity contribution in [3.8, 4) is 0 Å². The van der Waals surface area contributed by atoms with Gasteiger partial charge in [-0.1, -0.05) is 0 Å². The van der Waals surface area contributed by atoms with E-state index in [1.807, 2.05) is 4.90 Å². The van der Waals surface area contributed by atoms with E-state index in [2.05, 4.69) is 18.4 Å². The summed E-state index contributed by atoms with van der Waals surface area (Å²) in [6.07, 6.45) is 0.958. The lowest BCUT2D eigenvalue weighted by Gasteiger charge is -2.33. The van der Waals surface area contributed by atoms with E-state index in [1.54, 1.807) is 11.3 Å². The molecule has 0 spiro atoms. The summed E-state index contributed by atoms with van der Waals surface area (Å²) in [5, 5.41) is 2.10. The highest BCUT2D eigenvalue weighted by Crippen LogP contribution is 2.32. The number of hydrogen-bond donors (Lipinski definition) is 1. The Labute approximate surface area is 105 Å². The highest BCUT2D eigenvalue weighted by Gasteiger charge is 2.27. The average molecular weight is 254 g/mol. The molecule has 1 atom stereocenters. The first kappa shape index (κ1) is 12.5. The molecule has 94 valence electrons. The first-order valence-corrected chi connectivity index (χ1v) is 6.75. The largest absolute Gasteiger partial charge is 0.370 e. The number of nitrogens with two attached hydrogens (primary N) is 1. The van der Waals surface area contributed by atoms with Crippen molar-refractivity contribution in [2.45, 2.75) is 19.4 Å². The van der Waals surface area contributed by atoms with Crippen LogP contribution in [0.2, 0.25) is 0 Å². The van der Waals surface area contributed by atoms with Gasteiger partial charge in [0.15, 0.2) is 0 Å². The van der Waals surface area contributed by atoms with Crippen molar-refractivity contribution in [3.63, 3.8) is 0 Å². The van der Waals surface area contributed by atoms with Gasteiger partial charge in [-0.05, 0) is 30.4 Å². The van der Waals surface area contributed by atoms with E-state index < -0.39 is 0 Å². The molecule has 2 heterocycles. The Bertz CT molecular complexity index is 392. The second-order valence-electron chi connectivity index (χ2n) is 4.15. The molecule has 0 fully saturated rings. The molecule has 0 bridgehead atoms. The maximum atomic E-state index is 12.0. The minimum absolute atomic E-state index is 0.0581. The number of fused-ring (bicyclic) bond motifs is 1. The number of nitrogens with zero attached hydrogens (tertiary/aromatic N) is 1. The molecular formula is C12H18N2O2S. The molecule has 4 nitrogen and oxygen atoms in total. The Morgan fingerprint density at radius 3 is 3.29 bits per heavy atom. The van der Waals surface area contributed by atoms with Crippen molar-refractivity contribution in [1.82, 2.24) is 4.90 Å². The van der Waals surface area contributed by atoms with Crippen LogP contribution in [0.1, 0.15) is 23.4 Å². The average Bonchev–Trinajstić information content (AvgIpc) is 2.78. The van der Waals surface area contributed by atoms with E-state index in [-0.39, 0.29) is 18.6 Å². The molecule has 0 saturated carbocycles. The molecule has 1 aromatic rings. The van der Waals surface area contributed by atoms with Gasteiger partial charge in [0.1, 0.15) is 6.61 Å². The first-order valence-electron chi connectivity index (χ1n) is 5.87. The molecule has 1 aromatic heterocycles. The summed E-state index contributed by atoms with van der Waals surface area (Å²) in [7, 11) is 0. The predicted octanol–water partition coefficient (Wildman–Crippen LogP) is 1.17. The van der Waals surface area contributed by atoms with Crippen molar-refractivity contribution < 1.29 is 9.53 Å². The maximum absolute atomic E-state index is 12.0. The first-order chi connectivity index (χ1) is 8.24. The number of amides is 1. The fraction of sp³-hybridized carbons (Fsp3) is 0.583. The number of rotatable bonds is 4. The number of ether oxygens (including phenoxy) is 1. The molecule has 0 radical (unpaired) electrons. The molecule has 5 heteroatoms. The third kappa shape index (κ3) is 2.68. The zero-order chi connectivity index (χ0) is 12.3. The molecule has 0 saturated heterocycles. The minimum atomic E-state index is 0.0581. The summed E-state index contributed by atoms with van der Waals surface area (Å²) >= 11 is 1.78. The Hall–Kier alpha value is -0.910. The number of carbonyl (C=O) groups excluding carboxylic acids is 1. The van der Waals surface area contributed by atoms with Gasteiger partial charge in [0.25, 0.3) is 0 Å². The van der Waals surface area contributed by atoms with Crippen LogP contribution < -0.4 is 5.73 Å². The lowest BCUT2D eigenvalue weighted by Crippen LogP contribution is -2.40. The summed E-state index contributed by atoms with van der Waals surface area (Å²) in [5.74, 6) is 0.0581. The fourth-order valence-electron chi connectivity index (χ4n) is 2.18.